The Balaban J connectivity index is 1.70. The molecule has 7 nitrogen and oxygen atoms in total. The van der Waals surface area contributed by atoms with Crippen molar-refractivity contribution in [2.75, 3.05) is 25.5 Å². The number of hydrogen-bond acceptors (Lipinski definition) is 5. The van der Waals surface area contributed by atoms with Gasteiger partial charge in [0.25, 0.3) is 0 Å². The average Bonchev–Trinajstić information content (AvgIpc) is 3.06. The molecule has 0 spiro atoms. The average molecular weight is 412 g/mol. The smallest absolute Gasteiger partial charge is 0.339 e. The van der Waals surface area contributed by atoms with Gasteiger partial charge in [-0.1, -0.05) is 18.2 Å². The molecule has 0 saturated carbocycles. The number of amides is 1. The number of nitrogens with zero attached hydrogens (tertiary/aromatic N) is 1. The van der Waals surface area contributed by atoms with E-state index in [0.29, 0.717) is 29.1 Å². The molecular weight excluding hydrogens is 382 g/mol. The van der Waals surface area contributed by atoms with Gasteiger partial charge >= 0.3 is 5.97 Å². The number of aromatic nitrogens is 1. The van der Waals surface area contributed by atoms with E-state index in [-0.39, 0.29) is 17.6 Å². The highest BCUT2D eigenvalue weighted by atomic mass is 16.5. The minimum absolute atomic E-state index is 0.0228. The molecule has 0 bridgehead atoms. The van der Waals surface area contributed by atoms with Gasteiger partial charge in [0, 0.05) is 17.9 Å². The van der Waals surface area contributed by atoms with Crippen molar-refractivity contribution in [1.29, 1.82) is 0 Å². The van der Waals surface area contributed by atoms with Crippen LogP contribution in [0.3, 0.4) is 0 Å². The Hall–Kier alpha value is -2.93. The third kappa shape index (κ3) is 4.46. The van der Waals surface area contributed by atoms with E-state index in [1.165, 1.54) is 7.11 Å². The van der Waals surface area contributed by atoms with Gasteiger partial charge < -0.3 is 15.0 Å². The number of piperidine rings is 1. The Morgan fingerprint density at radius 3 is 2.57 bits per heavy atom. The van der Waals surface area contributed by atoms with Crippen LogP contribution in [0.4, 0.5) is 5.69 Å². The van der Waals surface area contributed by atoms with E-state index in [1.54, 1.807) is 13.8 Å². The van der Waals surface area contributed by atoms with Gasteiger partial charge in [-0.05, 0) is 57.9 Å². The molecule has 1 fully saturated rings. The van der Waals surface area contributed by atoms with Crippen molar-refractivity contribution >= 4 is 23.3 Å². The molecule has 2 N–H and O–H groups in total. The highest BCUT2D eigenvalue weighted by Crippen LogP contribution is 2.25. The van der Waals surface area contributed by atoms with Crippen molar-refractivity contribution in [3.05, 3.63) is 52.8 Å². The predicted octanol–water partition coefficient (Wildman–Crippen LogP) is 3.34. The maximum absolute atomic E-state index is 13.2. The summed E-state index contributed by atoms with van der Waals surface area (Å²) in [6.45, 7) is 6.64. The minimum atomic E-state index is -0.455. The first-order valence-corrected chi connectivity index (χ1v) is 10.2. The molecule has 160 valence electrons. The van der Waals surface area contributed by atoms with E-state index in [0.717, 1.165) is 25.1 Å². The molecule has 7 heteroatoms. The van der Waals surface area contributed by atoms with Crippen LogP contribution < -0.4 is 5.32 Å². The van der Waals surface area contributed by atoms with Crippen molar-refractivity contribution in [2.24, 2.45) is 5.92 Å². The molecule has 1 aromatic carbocycles. The lowest BCUT2D eigenvalue weighted by atomic mass is 9.94. The lowest BCUT2D eigenvalue weighted by Crippen LogP contribution is -2.47. The highest BCUT2D eigenvalue weighted by molar-refractivity contribution is 6.03. The number of ether oxygens (including phenoxy) is 1. The fourth-order valence-electron chi connectivity index (χ4n) is 4.12. The molecule has 0 radical (unpaired) electrons. The van der Waals surface area contributed by atoms with Crippen molar-refractivity contribution in [1.82, 2.24) is 9.88 Å². The maximum atomic E-state index is 13.2. The number of likely N-dealkylation sites (tertiary alicyclic amines) is 1. The maximum Gasteiger partial charge on any atom is 0.339 e. The Morgan fingerprint density at radius 2 is 1.90 bits per heavy atom. The van der Waals surface area contributed by atoms with Gasteiger partial charge in [-0.15, -0.1) is 0 Å². The standard InChI is InChI=1S/C23H29N3O4/c1-14-19(23(29)30-4)15(2)24-20(14)21(27)16(3)26-12-8-9-17(13-26)22(28)25-18-10-6-5-7-11-18/h5-7,10-11,16-17,24H,8-9,12-13H2,1-4H3,(H,25,28)/t16-,17+/m0/s1. The fourth-order valence-corrected chi connectivity index (χ4v) is 4.12. The van der Waals surface area contributed by atoms with Crippen LogP contribution in [0.15, 0.2) is 30.3 Å². The lowest BCUT2D eigenvalue weighted by Gasteiger charge is -2.35. The number of aromatic amines is 1. The second-order valence-electron chi connectivity index (χ2n) is 7.85. The number of carbonyl (C=O) groups is 3. The number of esters is 1. The normalized spacial score (nSPS) is 17.9. The number of rotatable bonds is 6. The second kappa shape index (κ2) is 9.26. The van der Waals surface area contributed by atoms with Crippen LogP contribution in [0.2, 0.25) is 0 Å². The van der Waals surface area contributed by atoms with Crippen LogP contribution in [0.5, 0.6) is 0 Å². The fraction of sp³-hybridized carbons (Fsp3) is 0.435. The number of ketones is 1. The molecule has 1 saturated heterocycles. The first-order chi connectivity index (χ1) is 14.3. The van der Waals surface area contributed by atoms with E-state index in [1.807, 2.05) is 37.3 Å². The number of carbonyl (C=O) groups excluding carboxylic acids is 3. The van der Waals surface area contributed by atoms with Crippen molar-refractivity contribution in [3.63, 3.8) is 0 Å². The zero-order valence-electron chi connectivity index (χ0n) is 18.0. The SMILES string of the molecule is COC(=O)c1c(C)[nH]c(C(=O)[C@H](C)N2CCC[C@@H](C(=O)Nc3ccccc3)C2)c1C. The molecule has 2 heterocycles. The molecule has 2 aromatic rings. The first-order valence-electron chi connectivity index (χ1n) is 10.2. The molecule has 3 rings (SSSR count). The number of hydrogen-bond donors (Lipinski definition) is 2. The molecule has 0 aliphatic carbocycles. The molecule has 1 aliphatic heterocycles. The van der Waals surface area contributed by atoms with Crippen LogP contribution in [0.25, 0.3) is 0 Å². The number of Topliss-reactive ketones (excluding diaryl/α,β-unsaturated/α-hetero) is 1. The summed E-state index contributed by atoms with van der Waals surface area (Å²) < 4.78 is 4.83. The van der Waals surface area contributed by atoms with Crippen LogP contribution >= 0.6 is 0 Å². The highest BCUT2D eigenvalue weighted by Gasteiger charge is 2.33. The summed E-state index contributed by atoms with van der Waals surface area (Å²) in [4.78, 5) is 43.0. The van der Waals surface area contributed by atoms with Crippen LogP contribution in [0.1, 0.15) is 51.9 Å². The Morgan fingerprint density at radius 1 is 1.20 bits per heavy atom. The molecular formula is C23H29N3O4. The molecule has 1 aromatic heterocycles. The third-order valence-corrected chi connectivity index (χ3v) is 5.87. The van der Waals surface area contributed by atoms with Gasteiger partial charge in [0.2, 0.25) is 5.91 Å². The third-order valence-electron chi connectivity index (χ3n) is 5.87. The summed E-state index contributed by atoms with van der Waals surface area (Å²) >= 11 is 0. The Kier molecular flexibility index (Phi) is 6.72. The predicted molar refractivity (Wildman–Crippen MR) is 115 cm³/mol. The molecule has 2 atom stereocenters. The van der Waals surface area contributed by atoms with Crippen molar-refractivity contribution < 1.29 is 19.1 Å². The number of para-hydroxylation sites is 1. The Bertz CT molecular complexity index is 935. The molecule has 1 aliphatic rings. The monoisotopic (exact) mass is 411 g/mol. The number of anilines is 1. The number of nitrogens with one attached hydrogen (secondary N) is 2. The summed E-state index contributed by atoms with van der Waals surface area (Å²) in [6.07, 6.45) is 1.64. The van der Waals surface area contributed by atoms with Crippen LogP contribution in [-0.4, -0.2) is 53.8 Å². The quantitative estimate of drug-likeness (QED) is 0.562. The Labute approximate surface area is 176 Å². The summed E-state index contributed by atoms with van der Waals surface area (Å²) in [7, 11) is 1.33. The number of benzene rings is 1. The van der Waals surface area contributed by atoms with E-state index in [4.69, 9.17) is 4.74 Å². The topological polar surface area (TPSA) is 91.5 Å². The summed E-state index contributed by atoms with van der Waals surface area (Å²) in [6, 6.07) is 8.99. The van der Waals surface area contributed by atoms with E-state index in [9.17, 15) is 14.4 Å². The molecule has 1 amide bonds. The first kappa shape index (κ1) is 21.8. The summed E-state index contributed by atoms with van der Waals surface area (Å²) in [5, 5.41) is 2.96. The van der Waals surface area contributed by atoms with Gasteiger partial charge in [-0.3, -0.25) is 14.5 Å². The largest absolute Gasteiger partial charge is 0.465 e. The summed E-state index contributed by atoms with van der Waals surface area (Å²) in [5.74, 6) is -0.741. The zero-order valence-corrected chi connectivity index (χ0v) is 18.0. The van der Waals surface area contributed by atoms with Crippen molar-refractivity contribution in [2.45, 2.75) is 39.7 Å². The van der Waals surface area contributed by atoms with E-state index in [2.05, 4.69) is 15.2 Å². The minimum Gasteiger partial charge on any atom is -0.465 e. The molecule has 0 unspecified atom stereocenters. The summed E-state index contributed by atoms with van der Waals surface area (Å²) in [5.41, 5.74) is 2.83. The number of H-pyrrole nitrogens is 1. The van der Waals surface area contributed by atoms with Crippen LogP contribution in [0, 0.1) is 19.8 Å². The van der Waals surface area contributed by atoms with Gasteiger partial charge in [-0.25, -0.2) is 4.79 Å². The van der Waals surface area contributed by atoms with Gasteiger partial charge in [0.05, 0.1) is 30.3 Å². The number of aryl methyl sites for hydroxylation is 1. The van der Waals surface area contributed by atoms with Gasteiger partial charge in [-0.2, -0.15) is 0 Å². The van der Waals surface area contributed by atoms with Crippen LogP contribution in [-0.2, 0) is 9.53 Å². The lowest BCUT2D eigenvalue weighted by molar-refractivity contribution is -0.121. The van der Waals surface area contributed by atoms with Crippen molar-refractivity contribution in [3.8, 4) is 0 Å². The van der Waals surface area contributed by atoms with Gasteiger partial charge in [0.1, 0.15) is 0 Å². The van der Waals surface area contributed by atoms with E-state index >= 15 is 0 Å². The van der Waals surface area contributed by atoms with E-state index < -0.39 is 12.0 Å². The zero-order chi connectivity index (χ0) is 21.8. The second-order valence-corrected chi connectivity index (χ2v) is 7.85. The number of methoxy groups -OCH3 is 1. The van der Waals surface area contributed by atoms with Gasteiger partial charge in [0.15, 0.2) is 5.78 Å². The molecule has 30 heavy (non-hydrogen) atoms.